The molecular formula is C14H20N10O7. The summed E-state index contributed by atoms with van der Waals surface area (Å²) in [4.78, 5) is 19.6. The normalized spacial score (nSPS) is 44.3. The Bertz CT molecular complexity index is 841. The lowest BCUT2D eigenvalue weighted by atomic mass is 9.84. The van der Waals surface area contributed by atoms with Crippen molar-refractivity contribution in [2.75, 3.05) is 0 Å². The van der Waals surface area contributed by atoms with Gasteiger partial charge in [0.1, 0.15) is 24.4 Å². The predicted octanol–water partition coefficient (Wildman–Crippen LogP) is 0.116. The summed E-state index contributed by atoms with van der Waals surface area (Å²) in [5.41, 5.74) is 26.4. The minimum Gasteiger partial charge on any atom is -0.441 e. The van der Waals surface area contributed by atoms with Gasteiger partial charge in [-0.2, -0.15) is 0 Å². The highest BCUT2D eigenvalue weighted by Crippen LogP contribution is 2.34. The molecule has 0 aromatic heterocycles. The Morgan fingerprint density at radius 1 is 1.00 bits per heavy atom. The summed E-state index contributed by atoms with van der Waals surface area (Å²) < 4.78 is 16.6. The van der Waals surface area contributed by atoms with E-state index in [1.165, 1.54) is 0 Å². The quantitative estimate of drug-likeness (QED) is 0.260. The van der Waals surface area contributed by atoms with Gasteiger partial charge in [0.25, 0.3) is 0 Å². The van der Waals surface area contributed by atoms with E-state index < -0.39 is 73.2 Å². The molecule has 3 fully saturated rings. The van der Waals surface area contributed by atoms with E-state index in [2.05, 4.69) is 35.4 Å². The molecule has 168 valence electrons. The van der Waals surface area contributed by atoms with E-state index in [4.69, 9.17) is 30.8 Å². The Kier molecular flexibility index (Phi) is 6.90. The number of fused-ring (bicyclic) bond motifs is 1. The molecule has 0 spiro atoms. The van der Waals surface area contributed by atoms with Crippen LogP contribution in [0.5, 0.6) is 0 Å². The van der Waals surface area contributed by atoms with Crippen LogP contribution in [-0.4, -0.2) is 88.5 Å². The number of carbonyl (C=O) groups is 1. The minimum atomic E-state index is -1.66. The average Bonchev–Trinajstić information content (AvgIpc) is 2.72. The molecule has 2 aliphatic heterocycles. The molecule has 2 heterocycles. The van der Waals surface area contributed by atoms with E-state index in [1.54, 1.807) is 6.92 Å². The standard InChI is InChI=1S/C14H20N10O7/c1-3-10-12(31-14(28)18-3)8(26)6(21-24-17)13(29-10)30-11-5(20-23-16)2-4(19-22-15)7(25)9(11)27/h3-13,25-27H,2H2,1H3,(H,18,28)/t3?,4-,5?,6?,7?,8-,9-,10?,11+,12-,13+/m1/s1. The van der Waals surface area contributed by atoms with Crippen LogP contribution in [-0.2, 0) is 14.2 Å². The van der Waals surface area contributed by atoms with Gasteiger partial charge in [-0.1, -0.05) is 15.3 Å². The van der Waals surface area contributed by atoms with Gasteiger partial charge in [-0.05, 0) is 29.9 Å². The minimum absolute atomic E-state index is 0.139. The maximum absolute atomic E-state index is 11.6. The van der Waals surface area contributed by atoms with Crippen molar-refractivity contribution in [2.24, 2.45) is 15.3 Å². The first-order valence-corrected chi connectivity index (χ1v) is 9.27. The summed E-state index contributed by atoms with van der Waals surface area (Å²) in [6, 6.07) is -4.16. The number of rotatable bonds is 5. The Morgan fingerprint density at radius 3 is 2.29 bits per heavy atom. The summed E-state index contributed by atoms with van der Waals surface area (Å²) in [5.74, 6) is 0. The van der Waals surface area contributed by atoms with E-state index in [-0.39, 0.29) is 6.42 Å². The van der Waals surface area contributed by atoms with E-state index in [0.717, 1.165) is 0 Å². The lowest BCUT2D eigenvalue weighted by Gasteiger charge is -2.48. The summed E-state index contributed by atoms with van der Waals surface area (Å²) in [6.07, 6.45) is -10.5. The third kappa shape index (κ3) is 4.39. The van der Waals surface area contributed by atoms with Crippen molar-refractivity contribution in [3.05, 3.63) is 31.3 Å². The zero-order valence-electron chi connectivity index (χ0n) is 16.1. The zero-order chi connectivity index (χ0) is 22.7. The molecule has 0 aromatic rings. The largest absolute Gasteiger partial charge is 0.441 e. The van der Waals surface area contributed by atoms with Gasteiger partial charge >= 0.3 is 6.09 Å². The molecule has 0 aromatic carbocycles. The van der Waals surface area contributed by atoms with Gasteiger partial charge in [-0.15, -0.1) is 0 Å². The number of ether oxygens (including phenoxy) is 3. The number of aliphatic hydroxyl groups is 3. The molecule has 0 radical (unpaired) electrons. The summed E-state index contributed by atoms with van der Waals surface area (Å²) in [7, 11) is 0. The van der Waals surface area contributed by atoms with Gasteiger partial charge in [-0.25, -0.2) is 4.79 Å². The number of nitrogens with zero attached hydrogens (tertiary/aromatic N) is 9. The second kappa shape index (κ2) is 9.43. The van der Waals surface area contributed by atoms with E-state index in [0.29, 0.717) is 0 Å². The fourth-order valence-electron chi connectivity index (χ4n) is 3.98. The average molecular weight is 440 g/mol. The molecule has 17 nitrogen and oxygen atoms in total. The lowest BCUT2D eigenvalue weighted by molar-refractivity contribution is -0.296. The van der Waals surface area contributed by atoms with Crippen molar-refractivity contribution >= 4 is 6.09 Å². The first-order valence-electron chi connectivity index (χ1n) is 9.27. The van der Waals surface area contributed by atoms with Crippen LogP contribution in [0, 0.1) is 0 Å². The van der Waals surface area contributed by atoms with Crippen molar-refractivity contribution in [3.63, 3.8) is 0 Å². The highest BCUT2D eigenvalue weighted by atomic mass is 16.7. The number of hydrogen-bond donors (Lipinski definition) is 4. The van der Waals surface area contributed by atoms with Gasteiger partial charge in [0.2, 0.25) is 0 Å². The molecule has 1 aliphatic carbocycles. The first kappa shape index (κ1) is 22.7. The van der Waals surface area contributed by atoms with Crippen LogP contribution in [0.3, 0.4) is 0 Å². The van der Waals surface area contributed by atoms with Crippen LogP contribution in [0.15, 0.2) is 15.3 Å². The van der Waals surface area contributed by atoms with E-state index >= 15 is 0 Å². The second-order valence-electron chi connectivity index (χ2n) is 7.32. The molecule has 2 saturated heterocycles. The molecule has 17 heteroatoms. The smallest absolute Gasteiger partial charge is 0.407 e. The summed E-state index contributed by atoms with van der Waals surface area (Å²) in [6.45, 7) is 1.60. The number of alkyl carbamates (subject to hydrolysis) is 1. The lowest BCUT2D eigenvalue weighted by Crippen LogP contribution is -2.68. The number of carbonyl (C=O) groups excluding carboxylic acids is 1. The van der Waals surface area contributed by atoms with Crippen LogP contribution in [0.1, 0.15) is 13.3 Å². The van der Waals surface area contributed by atoms with Gasteiger partial charge in [-0.3, -0.25) is 0 Å². The van der Waals surface area contributed by atoms with Crippen molar-refractivity contribution < 1.29 is 34.3 Å². The van der Waals surface area contributed by atoms with Crippen LogP contribution < -0.4 is 5.32 Å². The van der Waals surface area contributed by atoms with Crippen LogP contribution in [0.2, 0.25) is 0 Å². The third-order valence-electron chi connectivity index (χ3n) is 5.48. The number of hydrogen-bond acceptors (Lipinski definition) is 10. The molecule has 3 aliphatic rings. The van der Waals surface area contributed by atoms with Crippen LogP contribution in [0.25, 0.3) is 31.3 Å². The topological polar surface area (TPSA) is 264 Å². The highest BCUT2D eigenvalue weighted by Gasteiger charge is 2.54. The highest BCUT2D eigenvalue weighted by molar-refractivity contribution is 5.69. The molecule has 1 amide bonds. The molecule has 1 saturated carbocycles. The molecule has 31 heavy (non-hydrogen) atoms. The number of amides is 1. The van der Waals surface area contributed by atoms with Crippen molar-refractivity contribution in [1.29, 1.82) is 0 Å². The molecule has 4 N–H and O–H groups in total. The molecule has 5 unspecified atom stereocenters. The number of azide groups is 3. The Hall–Kier alpha value is -3.00. The Labute approximate surface area is 173 Å². The SMILES string of the molecule is CC1NC(=O)O[C@H]2C1O[C@@H](O[C@H]1C(N=[N+]=[N-])C[C@@H](N=[N+]=[N-])C(O)[C@H]1O)C(N=[N+]=[N-])[C@H]2O. The molecular weight excluding hydrogens is 420 g/mol. The molecule has 0 bridgehead atoms. The fraction of sp³-hybridized carbons (Fsp3) is 0.929. The first-order chi connectivity index (χ1) is 14.8. The fourth-order valence-corrected chi connectivity index (χ4v) is 3.98. The number of aliphatic hydroxyl groups excluding tert-OH is 3. The van der Waals surface area contributed by atoms with Gasteiger partial charge in [0, 0.05) is 14.7 Å². The van der Waals surface area contributed by atoms with Crippen molar-refractivity contribution in [2.45, 2.75) is 80.4 Å². The summed E-state index contributed by atoms with van der Waals surface area (Å²) >= 11 is 0. The predicted molar refractivity (Wildman–Crippen MR) is 97.8 cm³/mol. The van der Waals surface area contributed by atoms with E-state index in [9.17, 15) is 20.1 Å². The van der Waals surface area contributed by atoms with E-state index in [1.807, 2.05) is 0 Å². The second-order valence-corrected chi connectivity index (χ2v) is 7.32. The Balaban J connectivity index is 1.88. The third-order valence-corrected chi connectivity index (χ3v) is 5.48. The molecule has 3 rings (SSSR count). The van der Waals surface area contributed by atoms with Gasteiger partial charge in [0.05, 0.1) is 30.3 Å². The van der Waals surface area contributed by atoms with Crippen molar-refractivity contribution in [3.8, 4) is 0 Å². The maximum atomic E-state index is 11.6. The zero-order valence-corrected chi connectivity index (χ0v) is 16.1. The van der Waals surface area contributed by atoms with Gasteiger partial charge < -0.3 is 34.8 Å². The Morgan fingerprint density at radius 2 is 1.65 bits per heavy atom. The van der Waals surface area contributed by atoms with Gasteiger partial charge in [0.15, 0.2) is 12.4 Å². The number of nitrogens with one attached hydrogen (secondary N) is 1. The monoisotopic (exact) mass is 440 g/mol. The summed E-state index contributed by atoms with van der Waals surface area (Å²) in [5, 5.41) is 44.3. The molecule has 11 atom stereocenters. The van der Waals surface area contributed by atoms with Crippen molar-refractivity contribution in [1.82, 2.24) is 5.32 Å². The maximum Gasteiger partial charge on any atom is 0.407 e. The van der Waals surface area contributed by atoms with Crippen LogP contribution >= 0.6 is 0 Å². The van der Waals surface area contributed by atoms with Crippen LogP contribution in [0.4, 0.5) is 4.79 Å².